The number of hydrogen-bond donors (Lipinski definition) is 2. The number of amides is 1. The highest BCUT2D eigenvalue weighted by molar-refractivity contribution is 5.81. The molecule has 2 atom stereocenters. The first-order chi connectivity index (χ1) is 13.1. The van der Waals surface area contributed by atoms with Crippen LogP contribution in [0.2, 0.25) is 0 Å². The summed E-state index contributed by atoms with van der Waals surface area (Å²) in [5, 5.41) is 3.93. The SMILES string of the molecule is CN(Cc1nc(-c2ccccn2)no1)C(=O)C1CC(c2cccn2C)NN1. The van der Waals surface area contributed by atoms with Crippen LogP contribution in [-0.4, -0.2) is 43.6 Å². The Morgan fingerprint density at radius 3 is 2.96 bits per heavy atom. The molecule has 1 saturated heterocycles. The van der Waals surface area contributed by atoms with Crippen LogP contribution in [0.15, 0.2) is 47.2 Å². The average Bonchev–Trinajstić information content (AvgIpc) is 3.42. The average molecular weight is 367 g/mol. The molecule has 0 aromatic carbocycles. The number of rotatable bonds is 5. The lowest BCUT2D eigenvalue weighted by atomic mass is 10.1. The van der Waals surface area contributed by atoms with Crippen LogP contribution in [-0.2, 0) is 18.4 Å². The molecule has 9 nitrogen and oxygen atoms in total. The van der Waals surface area contributed by atoms with Crippen LogP contribution in [0.4, 0.5) is 0 Å². The van der Waals surface area contributed by atoms with Crippen molar-refractivity contribution in [2.45, 2.75) is 25.0 Å². The van der Waals surface area contributed by atoms with Gasteiger partial charge < -0.3 is 14.0 Å². The van der Waals surface area contributed by atoms with Crippen LogP contribution in [0.1, 0.15) is 24.0 Å². The number of likely N-dealkylation sites (N-methyl/N-ethyl adjacent to an activating group) is 1. The Morgan fingerprint density at radius 2 is 2.22 bits per heavy atom. The lowest BCUT2D eigenvalue weighted by Gasteiger charge is -2.18. The van der Waals surface area contributed by atoms with Gasteiger partial charge in [-0.25, -0.2) is 10.9 Å². The zero-order valence-electron chi connectivity index (χ0n) is 15.2. The minimum absolute atomic E-state index is 0.0307. The quantitative estimate of drug-likeness (QED) is 0.695. The summed E-state index contributed by atoms with van der Waals surface area (Å²) in [4.78, 5) is 22.8. The highest BCUT2D eigenvalue weighted by Gasteiger charge is 2.33. The zero-order valence-corrected chi connectivity index (χ0v) is 15.2. The fourth-order valence-corrected chi connectivity index (χ4v) is 3.21. The van der Waals surface area contributed by atoms with Crippen LogP contribution in [0.5, 0.6) is 0 Å². The van der Waals surface area contributed by atoms with E-state index in [1.165, 1.54) is 0 Å². The molecule has 0 saturated carbocycles. The third-order valence-electron chi connectivity index (χ3n) is 4.65. The number of aromatic nitrogens is 4. The molecule has 140 valence electrons. The molecule has 0 spiro atoms. The highest BCUT2D eigenvalue weighted by atomic mass is 16.5. The topological polar surface area (TPSA) is 101 Å². The van der Waals surface area contributed by atoms with Gasteiger partial charge in [0.2, 0.25) is 17.6 Å². The van der Waals surface area contributed by atoms with E-state index < -0.39 is 0 Å². The fraction of sp³-hybridized carbons (Fsp3) is 0.333. The van der Waals surface area contributed by atoms with Gasteiger partial charge in [-0.05, 0) is 30.7 Å². The number of nitrogens with zero attached hydrogens (tertiary/aromatic N) is 5. The monoisotopic (exact) mass is 367 g/mol. The first kappa shape index (κ1) is 17.4. The summed E-state index contributed by atoms with van der Waals surface area (Å²) >= 11 is 0. The second-order valence-corrected chi connectivity index (χ2v) is 6.59. The van der Waals surface area contributed by atoms with Crippen molar-refractivity contribution in [1.82, 2.24) is 35.4 Å². The van der Waals surface area contributed by atoms with E-state index in [2.05, 4.69) is 26.0 Å². The summed E-state index contributed by atoms with van der Waals surface area (Å²) in [6.45, 7) is 0.242. The molecule has 1 aliphatic heterocycles. The molecule has 3 aromatic rings. The lowest BCUT2D eigenvalue weighted by Crippen LogP contribution is -2.43. The van der Waals surface area contributed by atoms with Gasteiger partial charge in [0.05, 0.1) is 12.6 Å². The molecule has 4 heterocycles. The first-order valence-electron chi connectivity index (χ1n) is 8.73. The van der Waals surface area contributed by atoms with Crippen molar-refractivity contribution in [3.8, 4) is 11.5 Å². The Morgan fingerprint density at radius 1 is 1.33 bits per heavy atom. The molecule has 0 aliphatic carbocycles. The smallest absolute Gasteiger partial charge is 0.246 e. The van der Waals surface area contributed by atoms with E-state index in [1.54, 1.807) is 24.2 Å². The maximum atomic E-state index is 12.7. The maximum Gasteiger partial charge on any atom is 0.246 e. The summed E-state index contributed by atoms with van der Waals surface area (Å²) in [7, 11) is 3.72. The van der Waals surface area contributed by atoms with E-state index in [-0.39, 0.29) is 24.5 Å². The number of nitrogens with one attached hydrogen (secondary N) is 2. The third kappa shape index (κ3) is 3.60. The molecule has 1 amide bonds. The molecule has 9 heteroatoms. The second-order valence-electron chi connectivity index (χ2n) is 6.59. The molecule has 27 heavy (non-hydrogen) atoms. The Balaban J connectivity index is 1.37. The number of hydrogen-bond acceptors (Lipinski definition) is 7. The molecule has 4 rings (SSSR count). The fourth-order valence-electron chi connectivity index (χ4n) is 3.21. The number of pyridine rings is 1. The van der Waals surface area contributed by atoms with Crippen molar-refractivity contribution in [3.63, 3.8) is 0 Å². The van der Waals surface area contributed by atoms with Crippen molar-refractivity contribution in [2.24, 2.45) is 7.05 Å². The molecule has 2 N–H and O–H groups in total. The summed E-state index contributed by atoms with van der Waals surface area (Å²) < 4.78 is 7.31. The Kier molecular flexibility index (Phi) is 4.69. The van der Waals surface area contributed by atoms with Gasteiger partial charge >= 0.3 is 0 Å². The molecular weight excluding hydrogens is 346 g/mol. The van der Waals surface area contributed by atoms with Crippen molar-refractivity contribution in [3.05, 3.63) is 54.3 Å². The van der Waals surface area contributed by atoms with Crippen LogP contribution in [0.25, 0.3) is 11.5 Å². The van der Waals surface area contributed by atoms with E-state index in [9.17, 15) is 4.79 Å². The van der Waals surface area contributed by atoms with E-state index >= 15 is 0 Å². The van der Waals surface area contributed by atoms with E-state index in [1.807, 2.05) is 42.1 Å². The predicted molar refractivity (Wildman–Crippen MR) is 96.8 cm³/mol. The van der Waals surface area contributed by atoms with Crippen LogP contribution in [0, 0.1) is 0 Å². The van der Waals surface area contributed by atoms with E-state index in [4.69, 9.17) is 4.52 Å². The van der Waals surface area contributed by atoms with Gasteiger partial charge in [-0.15, -0.1) is 0 Å². The molecule has 3 aromatic heterocycles. The molecule has 0 radical (unpaired) electrons. The Hall–Kier alpha value is -3.04. The number of hydrazine groups is 1. The molecular formula is C18H21N7O2. The highest BCUT2D eigenvalue weighted by Crippen LogP contribution is 2.23. The van der Waals surface area contributed by atoms with E-state index in [0.29, 0.717) is 23.8 Å². The summed E-state index contributed by atoms with van der Waals surface area (Å²) in [6.07, 6.45) is 4.33. The van der Waals surface area contributed by atoms with Crippen LogP contribution in [0.3, 0.4) is 0 Å². The van der Waals surface area contributed by atoms with E-state index in [0.717, 1.165) is 5.69 Å². The van der Waals surface area contributed by atoms with Crippen molar-refractivity contribution in [2.75, 3.05) is 7.05 Å². The van der Waals surface area contributed by atoms with Gasteiger partial charge in [0, 0.05) is 32.2 Å². The van der Waals surface area contributed by atoms with Crippen molar-refractivity contribution >= 4 is 5.91 Å². The zero-order chi connectivity index (χ0) is 18.8. The van der Waals surface area contributed by atoms with Crippen LogP contribution < -0.4 is 10.9 Å². The number of carbonyl (C=O) groups is 1. The molecule has 1 fully saturated rings. The van der Waals surface area contributed by atoms with Crippen molar-refractivity contribution < 1.29 is 9.32 Å². The van der Waals surface area contributed by atoms with Gasteiger partial charge in [-0.2, -0.15) is 4.98 Å². The maximum absolute atomic E-state index is 12.7. The number of carbonyl (C=O) groups excluding carboxylic acids is 1. The second kappa shape index (κ2) is 7.29. The minimum atomic E-state index is -0.312. The number of aryl methyl sites for hydroxylation is 1. The normalized spacial score (nSPS) is 19.3. The lowest BCUT2D eigenvalue weighted by molar-refractivity contribution is -0.132. The van der Waals surface area contributed by atoms with Crippen molar-refractivity contribution in [1.29, 1.82) is 0 Å². The van der Waals surface area contributed by atoms with Gasteiger partial charge in [-0.1, -0.05) is 11.2 Å². The molecule has 2 unspecified atom stereocenters. The molecule has 0 bridgehead atoms. The first-order valence-corrected chi connectivity index (χ1v) is 8.73. The van der Waals surface area contributed by atoms with Gasteiger partial charge in [0.15, 0.2) is 0 Å². The standard InChI is InChI=1S/C18H21N7O2/c1-24-9-5-7-15(24)13-10-14(22-21-13)18(26)25(2)11-16-20-17(23-27-16)12-6-3-4-8-19-12/h3-9,13-14,21-22H,10-11H2,1-2H3. The Labute approximate surface area is 156 Å². The predicted octanol–water partition coefficient (Wildman–Crippen LogP) is 1.04. The van der Waals surface area contributed by atoms with Gasteiger partial charge in [0.1, 0.15) is 11.7 Å². The summed E-state index contributed by atoms with van der Waals surface area (Å²) in [5.74, 6) is 0.754. The van der Waals surface area contributed by atoms with Gasteiger partial charge in [0.25, 0.3) is 0 Å². The minimum Gasteiger partial charge on any atom is -0.353 e. The summed E-state index contributed by atoms with van der Waals surface area (Å²) in [5.41, 5.74) is 8.06. The van der Waals surface area contributed by atoms with Gasteiger partial charge in [-0.3, -0.25) is 9.78 Å². The third-order valence-corrected chi connectivity index (χ3v) is 4.65. The Bertz CT molecular complexity index is 921. The largest absolute Gasteiger partial charge is 0.353 e. The summed E-state index contributed by atoms with van der Waals surface area (Å²) in [6, 6.07) is 9.31. The molecule has 1 aliphatic rings. The van der Waals surface area contributed by atoms with Crippen LogP contribution >= 0.6 is 0 Å².